The van der Waals surface area contributed by atoms with Crippen molar-refractivity contribution in [3.63, 3.8) is 0 Å². The third-order valence-electron chi connectivity index (χ3n) is 1.99. The fourth-order valence-electron chi connectivity index (χ4n) is 1.21. The molecule has 0 bridgehead atoms. The molecule has 1 N–H and O–H groups in total. The van der Waals surface area contributed by atoms with Gasteiger partial charge in [-0.2, -0.15) is 0 Å². The molecule has 2 nitrogen and oxygen atoms in total. The number of allylic oxidation sites excluding steroid dienone is 1. The minimum Gasteiger partial charge on any atom is -0.396 e. The molecule has 0 aromatic heterocycles. The van der Waals surface area contributed by atoms with E-state index in [9.17, 15) is 0 Å². The van der Waals surface area contributed by atoms with Crippen LogP contribution < -0.4 is 0 Å². The molecule has 0 saturated carbocycles. The van der Waals surface area contributed by atoms with Gasteiger partial charge in [-0.1, -0.05) is 12.2 Å². The molecule has 12 heavy (non-hydrogen) atoms. The molecule has 0 aliphatic heterocycles. The van der Waals surface area contributed by atoms with Crippen LogP contribution in [0.15, 0.2) is 12.2 Å². The van der Waals surface area contributed by atoms with E-state index < -0.39 is 0 Å². The van der Waals surface area contributed by atoms with E-state index >= 15 is 0 Å². The van der Waals surface area contributed by atoms with E-state index in [1.165, 1.54) is 0 Å². The van der Waals surface area contributed by atoms with Gasteiger partial charge in [-0.3, -0.25) is 0 Å². The monoisotopic (exact) mass is 171 g/mol. The van der Waals surface area contributed by atoms with Crippen LogP contribution >= 0.6 is 0 Å². The van der Waals surface area contributed by atoms with Crippen molar-refractivity contribution < 1.29 is 5.11 Å². The maximum Gasteiger partial charge on any atom is 0.0431 e. The lowest BCUT2D eigenvalue weighted by Gasteiger charge is -2.20. The van der Waals surface area contributed by atoms with Crippen LogP contribution in [0.2, 0.25) is 0 Å². The highest BCUT2D eigenvalue weighted by Gasteiger charge is 2.05. The van der Waals surface area contributed by atoms with Crippen LogP contribution in [0.4, 0.5) is 0 Å². The van der Waals surface area contributed by atoms with Crippen LogP contribution in [-0.2, 0) is 0 Å². The molecule has 0 saturated heterocycles. The summed E-state index contributed by atoms with van der Waals surface area (Å²) in [5.41, 5.74) is 0. The number of hydrogen-bond acceptors (Lipinski definition) is 2. The smallest absolute Gasteiger partial charge is 0.0431 e. The highest BCUT2D eigenvalue weighted by atomic mass is 16.2. The highest BCUT2D eigenvalue weighted by molar-refractivity contribution is 4.90. The zero-order valence-electron chi connectivity index (χ0n) is 8.45. The molecule has 72 valence electrons. The average Bonchev–Trinajstić information content (AvgIpc) is 2.03. The highest BCUT2D eigenvalue weighted by Crippen LogP contribution is 2.06. The van der Waals surface area contributed by atoms with Crippen molar-refractivity contribution in [2.75, 3.05) is 20.7 Å². The van der Waals surface area contributed by atoms with E-state index in [0.29, 0.717) is 12.6 Å². The fourth-order valence-corrected chi connectivity index (χ4v) is 1.21. The molecular formula is C10H21NO. The first-order chi connectivity index (χ1) is 5.72. The second-order valence-corrected chi connectivity index (χ2v) is 3.28. The summed E-state index contributed by atoms with van der Waals surface area (Å²) >= 11 is 0. The van der Waals surface area contributed by atoms with Crippen molar-refractivity contribution in [3.05, 3.63) is 12.2 Å². The summed E-state index contributed by atoms with van der Waals surface area (Å²) in [6.07, 6.45) is 7.45. The molecule has 0 rings (SSSR count). The topological polar surface area (TPSA) is 23.5 Å². The predicted octanol–water partition coefficient (Wildman–Crippen LogP) is 1.66. The zero-order valence-corrected chi connectivity index (χ0v) is 8.45. The fraction of sp³-hybridized carbons (Fsp3) is 0.800. The van der Waals surface area contributed by atoms with Gasteiger partial charge in [0.05, 0.1) is 0 Å². The molecule has 0 aliphatic rings. The number of rotatable bonds is 6. The first-order valence-corrected chi connectivity index (χ1v) is 4.62. The van der Waals surface area contributed by atoms with E-state index in [1.54, 1.807) is 0 Å². The quantitative estimate of drug-likeness (QED) is 0.485. The van der Waals surface area contributed by atoms with Crippen molar-refractivity contribution in [2.45, 2.75) is 32.2 Å². The maximum absolute atomic E-state index is 8.62. The maximum atomic E-state index is 8.62. The minimum atomic E-state index is 0.315. The normalized spacial score (nSPS) is 14.4. The molecule has 0 aliphatic carbocycles. The van der Waals surface area contributed by atoms with Gasteiger partial charge in [0.15, 0.2) is 0 Å². The van der Waals surface area contributed by atoms with Crippen LogP contribution in [0.5, 0.6) is 0 Å². The Balaban J connectivity index is 3.64. The Morgan fingerprint density at radius 3 is 2.42 bits per heavy atom. The lowest BCUT2D eigenvalue weighted by Crippen LogP contribution is -2.25. The third kappa shape index (κ3) is 5.33. The lowest BCUT2D eigenvalue weighted by atomic mass is 10.1. The molecule has 0 heterocycles. The van der Waals surface area contributed by atoms with Gasteiger partial charge in [-0.25, -0.2) is 0 Å². The molecule has 0 spiro atoms. The van der Waals surface area contributed by atoms with Crippen LogP contribution in [-0.4, -0.2) is 36.8 Å². The lowest BCUT2D eigenvalue weighted by molar-refractivity contribution is 0.268. The van der Waals surface area contributed by atoms with E-state index in [0.717, 1.165) is 19.3 Å². The number of aliphatic hydroxyl groups excluding tert-OH is 1. The van der Waals surface area contributed by atoms with Gasteiger partial charge in [0.2, 0.25) is 0 Å². The van der Waals surface area contributed by atoms with Gasteiger partial charge in [-0.05, 0) is 40.3 Å². The van der Waals surface area contributed by atoms with Crippen molar-refractivity contribution in [1.29, 1.82) is 0 Å². The Kier molecular flexibility index (Phi) is 7.11. The number of unbranched alkanes of at least 4 members (excludes halogenated alkanes) is 1. The van der Waals surface area contributed by atoms with E-state index in [4.69, 9.17) is 5.11 Å². The Morgan fingerprint density at radius 2 is 2.00 bits per heavy atom. The van der Waals surface area contributed by atoms with Gasteiger partial charge < -0.3 is 10.0 Å². The summed E-state index contributed by atoms with van der Waals surface area (Å²) in [5.74, 6) is 0. The van der Waals surface area contributed by atoms with Gasteiger partial charge in [-0.15, -0.1) is 0 Å². The van der Waals surface area contributed by atoms with Crippen molar-refractivity contribution in [1.82, 2.24) is 4.90 Å². The van der Waals surface area contributed by atoms with Crippen LogP contribution in [0.25, 0.3) is 0 Å². The van der Waals surface area contributed by atoms with E-state index in [2.05, 4.69) is 31.1 Å². The third-order valence-corrected chi connectivity index (χ3v) is 1.99. The first kappa shape index (κ1) is 11.7. The van der Waals surface area contributed by atoms with E-state index in [1.807, 2.05) is 6.92 Å². The number of likely N-dealkylation sites (N-methyl/N-ethyl adjacent to an activating group) is 1. The second-order valence-electron chi connectivity index (χ2n) is 3.28. The summed E-state index contributed by atoms with van der Waals surface area (Å²) in [6.45, 7) is 2.36. The Morgan fingerprint density at radius 1 is 1.33 bits per heavy atom. The minimum absolute atomic E-state index is 0.315. The predicted molar refractivity (Wildman–Crippen MR) is 53.2 cm³/mol. The zero-order chi connectivity index (χ0) is 9.40. The Hall–Kier alpha value is -0.340. The van der Waals surface area contributed by atoms with E-state index in [-0.39, 0.29) is 0 Å². The summed E-state index contributed by atoms with van der Waals surface area (Å²) in [7, 11) is 4.17. The van der Waals surface area contributed by atoms with Crippen LogP contribution in [0.1, 0.15) is 26.2 Å². The average molecular weight is 171 g/mol. The summed E-state index contributed by atoms with van der Waals surface area (Å²) in [4.78, 5) is 2.21. The number of aliphatic hydroxyl groups is 1. The molecule has 0 radical (unpaired) electrons. The Labute approximate surface area is 75.9 Å². The number of nitrogens with zero attached hydrogens (tertiary/aromatic N) is 1. The molecule has 0 amide bonds. The van der Waals surface area contributed by atoms with Gasteiger partial charge in [0, 0.05) is 12.6 Å². The molecular weight excluding hydrogens is 150 g/mol. The Bertz CT molecular complexity index is 121. The SMILES string of the molecule is CC=CC(CCCCO)N(C)C. The number of hydrogen-bond donors (Lipinski definition) is 1. The van der Waals surface area contributed by atoms with Gasteiger partial charge in [0.25, 0.3) is 0 Å². The largest absolute Gasteiger partial charge is 0.396 e. The van der Waals surface area contributed by atoms with Crippen LogP contribution in [0, 0.1) is 0 Å². The van der Waals surface area contributed by atoms with Gasteiger partial charge >= 0.3 is 0 Å². The van der Waals surface area contributed by atoms with Crippen molar-refractivity contribution in [3.8, 4) is 0 Å². The summed E-state index contributed by atoms with van der Waals surface area (Å²) in [6, 6.07) is 0.529. The molecule has 2 heteroatoms. The summed E-state index contributed by atoms with van der Waals surface area (Å²) < 4.78 is 0. The van der Waals surface area contributed by atoms with Crippen molar-refractivity contribution in [2.24, 2.45) is 0 Å². The summed E-state index contributed by atoms with van der Waals surface area (Å²) in [5, 5.41) is 8.62. The molecule has 0 aromatic rings. The van der Waals surface area contributed by atoms with Crippen molar-refractivity contribution >= 4 is 0 Å². The van der Waals surface area contributed by atoms with Crippen LogP contribution in [0.3, 0.4) is 0 Å². The molecule has 1 unspecified atom stereocenters. The molecule has 1 atom stereocenters. The molecule has 0 aromatic carbocycles. The molecule has 0 fully saturated rings. The first-order valence-electron chi connectivity index (χ1n) is 4.62. The van der Waals surface area contributed by atoms with Gasteiger partial charge in [0.1, 0.15) is 0 Å². The second kappa shape index (κ2) is 7.32. The standard InChI is InChI=1S/C10H21NO/c1-4-7-10(11(2)3)8-5-6-9-12/h4,7,10,12H,5-6,8-9H2,1-3H3.